The van der Waals surface area contributed by atoms with Crippen molar-refractivity contribution in [3.63, 3.8) is 0 Å². The number of hydrogen-bond acceptors (Lipinski definition) is 3. The molecule has 0 bridgehead atoms. The third kappa shape index (κ3) is 3.62. The molecule has 0 fully saturated rings. The molecule has 0 aliphatic rings. The van der Waals surface area contributed by atoms with Crippen molar-refractivity contribution in [2.75, 3.05) is 0 Å². The lowest BCUT2D eigenvalue weighted by molar-refractivity contribution is 0.180. The molecule has 104 valence electrons. The van der Waals surface area contributed by atoms with E-state index in [4.69, 9.17) is 0 Å². The third-order valence-corrected chi connectivity index (χ3v) is 4.38. The van der Waals surface area contributed by atoms with E-state index in [0.717, 1.165) is 5.56 Å². The van der Waals surface area contributed by atoms with E-state index < -0.39 is 16.9 Å². The lowest BCUT2D eigenvalue weighted by atomic mass is 10.1. The summed E-state index contributed by atoms with van der Waals surface area (Å²) in [5.74, 6) is 0. The normalized spacial score (nSPS) is 13.7. The molecule has 0 saturated carbocycles. The summed E-state index contributed by atoms with van der Waals surface area (Å²) in [6, 6.07) is 11.0. The van der Waals surface area contributed by atoms with E-state index in [1.807, 2.05) is 31.2 Å². The molecule has 20 heavy (non-hydrogen) atoms. The summed E-state index contributed by atoms with van der Waals surface area (Å²) in [6.07, 6.45) is 2.78. The van der Waals surface area contributed by atoms with Crippen LogP contribution in [0.1, 0.15) is 23.7 Å². The SMILES string of the molecule is C=C(C[C@@H](O)c1cccnc1)S(=O)c1ccc(C)cc1. The van der Waals surface area contributed by atoms with Gasteiger partial charge in [-0.15, -0.1) is 0 Å². The quantitative estimate of drug-likeness (QED) is 0.919. The van der Waals surface area contributed by atoms with Gasteiger partial charge in [-0.2, -0.15) is 0 Å². The lowest BCUT2D eigenvalue weighted by Crippen LogP contribution is -2.03. The Kier molecular flexibility index (Phi) is 4.82. The molecular formula is C16H17NO2S. The minimum absolute atomic E-state index is 0.256. The summed E-state index contributed by atoms with van der Waals surface area (Å²) in [5, 5.41) is 10.1. The van der Waals surface area contributed by atoms with Crippen LogP contribution in [0.3, 0.4) is 0 Å². The second-order valence-corrected chi connectivity index (χ2v) is 6.21. The highest BCUT2D eigenvalue weighted by Crippen LogP contribution is 2.24. The van der Waals surface area contributed by atoms with Crippen LogP contribution in [0.15, 0.2) is 65.2 Å². The number of aryl methyl sites for hydroxylation is 1. The van der Waals surface area contributed by atoms with Crippen molar-refractivity contribution in [1.29, 1.82) is 0 Å². The zero-order chi connectivity index (χ0) is 14.5. The first kappa shape index (κ1) is 14.6. The highest BCUT2D eigenvalue weighted by molar-refractivity contribution is 7.89. The fourth-order valence-electron chi connectivity index (χ4n) is 1.81. The minimum atomic E-state index is -1.31. The molecule has 1 heterocycles. The molecule has 2 aromatic rings. The Bertz CT molecular complexity index is 608. The Hall–Kier alpha value is -1.78. The van der Waals surface area contributed by atoms with E-state index in [1.165, 1.54) is 0 Å². The van der Waals surface area contributed by atoms with E-state index in [0.29, 0.717) is 15.4 Å². The first-order valence-electron chi connectivity index (χ1n) is 6.32. The van der Waals surface area contributed by atoms with Crippen LogP contribution < -0.4 is 0 Å². The second kappa shape index (κ2) is 6.59. The average molecular weight is 287 g/mol. The van der Waals surface area contributed by atoms with Gasteiger partial charge in [0.2, 0.25) is 0 Å². The van der Waals surface area contributed by atoms with Gasteiger partial charge in [-0.1, -0.05) is 30.3 Å². The summed E-state index contributed by atoms with van der Waals surface area (Å²) >= 11 is 0. The lowest BCUT2D eigenvalue weighted by Gasteiger charge is -2.12. The molecule has 0 radical (unpaired) electrons. The predicted molar refractivity (Wildman–Crippen MR) is 80.5 cm³/mol. The van der Waals surface area contributed by atoms with Crippen molar-refractivity contribution in [2.24, 2.45) is 0 Å². The minimum Gasteiger partial charge on any atom is -0.388 e. The number of aromatic nitrogens is 1. The summed E-state index contributed by atoms with van der Waals surface area (Å²) in [7, 11) is -1.31. The van der Waals surface area contributed by atoms with Gasteiger partial charge in [-0.05, 0) is 30.7 Å². The van der Waals surface area contributed by atoms with Crippen molar-refractivity contribution in [2.45, 2.75) is 24.3 Å². The molecule has 2 atom stereocenters. The van der Waals surface area contributed by atoms with Gasteiger partial charge in [-0.3, -0.25) is 4.98 Å². The van der Waals surface area contributed by atoms with Crippen molar-refractivity contribution < 1.29 is 9.32 Å². The first-order valence-corrected chi connectivity index (χ1v) is 7.47. The van der Waals surface area contributed by atoms with Gasteiger partial charge in [-0.25, -0.2) is 4.21 Å². The maximum atomic E-state index is 12.3. The molecule has 0 aliphatic heterocycles. The number of pyridine rings is 1. The Morgan fingerprint density at radius 3 is 2.65 bits per heavy atom. The summed E-state index contributed by atoms with van der Waals surface area (Å²) in [6.45, 7) is 5.82. The van der Waals surface area contributed by atoms with E-state index in [9.17, 15) is 9.32 Å². The van der Waals surface area contributed by atoms with Crippen LogP contribution in [0, 0.1) is 6.92 Å². The number of aliphatic hydroxyl groups excluding tert-OH is 1. The number of nitrogens with zero attached hydrogens (tertiary/aromatic N) is 1. The molecule has 1 N–H and O–H groups in total. The van der Waals surface area contributed by atoms with E-state index in [-0.39, 0.29) is 6.42 Å². The zero-order valence-electron chi connectivity index (χ0n) is 11.3. The van der Waals surface area contributed by atoms with Gasteiger partial charge < -0.3 is 5.11 Å². The Morgan fingerprint density at radius 2 is 2.05 bits per heavy atom. The second-order valence-electron chi connectivity index (χ2n) is 4.63. The number of hydrogen-bond donors (Lipinski definition) is 1. The Balaban J connectivity index is 2.05. The van der Waals surface area contributed by atoms with Crippen LogP contribution in [-0.4, -0.2) is 14.3 Å². The standard InChI is InChI=1S/C16H17NO2S/c1-12-5-7-15(8-6-12)20(19)13(2)10-16(18)14-4-3-9-17-11-14/h3-9,11,16,18H,2,10H2,1H3/t16-,20?/m1/s1. The summed E-state index contributed by atoms with van der Waals surface area (Å²) in [5.41, 5.74) is 1.82. The van der Waals surface area contributed by atoms with Crippen molar-refractivity contribution in [3.05, 3.63) is 71.4 Å². The Morgan fingerprint density at radius 1 is 1.35 bits per heavy atom. The Labute approximate surface area is 121 Å². The van der Waals surface area contributed by atoms with E-state index >= 15 is 0 Å². The third-order valence-electron chi connectivity index (χ3n) is 2.99. The molecule has 0 aliphatic carbocycles. The molecule has 1 aromatic heterocycles. The van der Waals surface area contributed by atoms with Gasteiger partial charge in [0.25, 0.3) is 0 Å². The smallest absolute Gasteiger partial charge is 0.0851 e. The largest absolute Gasteiger partial charge is 0.388 e. The maximum Gasteiger partial charge on any atom is 0.0851 e. The number of aliphatic hydroxyl groups is 1. The fourth-order valence-corrected chi connectivity index (χ4v) is 2.84. The van der Waals surface area contributed by atoms with Crippen LogP contribution >= 0.6 is 0 Å². The molecule has 0 spiro atoms. The van der Waals surface area contributed by atoms with Crippen molar-refractivity contribution in [3.8, 4) is 0 Å². The number of rotatable bonds is 5. The van der Waals surface area contributed by atoms with Crippen LogP contribution in [0.5, 0.6) is 0 Å². The van der Waals surface area contributed by atoms with Crippen molar-refractivity contribution in [1.82, 2.24) is 4.98 Å². The van der Waals surface area contributed by atoms with Gasteiger partial charge in [0, 0.05) is 28.6 Å². The van der Waals surface area contributed by atoms with Crippen LogP contribution in [0.25, 0.3) is 0 Å². The summed E-state index contributed by atoms with van der Waals surface area (Å²) < 4.78 is 12.3. The molecule has 3 nitrogen and oxygen atoms in total. The molecule has 2 rings (SSSR count). The molecule has 4 heteroatoms. The highest BCUT2D eigenvalue weighted by atomic mass is 32.2. The van der Waals surface area contributed by atoms with Crippen LogP contribution in [0.2, 0.25) is 0 Å². The van der Waals surface area contributed by atoms with E-state index in [2.05, 4.69) is 11.6 Å². The van der Waals surface area contributed by atoms with Crippen molar-refractivity contribution >= 4 is 10.8 Å². The molecule has 1 unspecified atom stereocenters. The van der Waals surface area contributed by atoms with Gasteiger partial charge in [0.05, 0.1) is 16.9 Å². The monoisotopic (exact) mass is 287 g/mol. The highest BCUT2D eigenvalue weighted by Gasteiger charge is 2.14. The van der Waals surface area contributed by atoms with Gasteiger partial charge >= 0.3 is 0 Å². The maximum absolute atomic E-state index is 12.3. The fraction of sp³-hybridized carbons (Fsp3) is 0.188. The summed E-state index contributed by atoms with van der Waals surface area (Å²) in [4.78, 5) is 5.17. The zero-order valence-corrected chi connectivity index (χ0v) is 12.1. The van der Waals surface area contributed by atoms with Crippen LogP contribution in [-0.2, 0) is 10.8 Å². The first-order chi connectivity index (χ1) is 9.58. The van der Waals surface area contributed by atoms with Gasteiger partial charge in [0.1, 0.15) is 0 Å². The van der Waals surface area contributed by atoms with Gasteiger partial charge in [0.15, 0.2) is 0 Å². The predicted octanol–water partition coefficient (Wildman–Crippen LogP) is 3.14. The average Bonchev–Trinajstić information content (AvgIpc) is 2.48. The van der Waals surface area contributed by atoms with Crippen LogP contribution in [0.4, 0.5) is 0 Å². The molecule has 1 aromatic carbocycles. The number of benzene rings is 1. The van der Waals surface area contributed by atoms with E-state index in [1.54, 1.807) is 24.5 Å². The molecular weight excluding hydrogens is 270 g/mol. The topological polar surface area (TPSA) is 50.2 Å². The molecule has 0 saturated heterocycles. The molecule has 0 amide bonds.